The van der Waals surface area contributed by atoms with Crippen LogP contribution in [0.4, 0.5) is 0 Å². The van der Waals surface area contributed by atoms with Crippen molar-refractivity contribution < 1.29 is 80.2 Å². The van der Waals surface area contributed by atoms with Crippen LogP contribution in [0, 0.1) is 23.7 Å². The van der Waals surface area contributed by atoms with Gasteiger partial charge in [0, 0.05) is 25.7 Å². The predicted molar refractivity (Wildman–Crippen MR) is 377 cm³/mol. The Kier molecular flexibility index (Phi) is 62.2. The Morgan fingerprint density at radius 1 is 0.269 bits per heavy atom. The van der Waals surface area contributed by atoms with E-state index in [1.54, 1.807) is 0 Å². The van der Waals surface area contributed by atoms with Gasteiger partial charge in [-0.05, 0) is 49.4 Å². The average Bonchev–Trinajstić information content (AvgIpc) is 3.16. The van der Waals surface area contributed by atoms with Crippen LogP contribution < -0.4 is 0 Å². The lowest BCUT2D eigenvalue weighted by Crippen LogP contribution is -2.30. The highest BCUT2D eigenvalue weighted by Crippen LogP contribution is 2.45. The van der Waals surface area contributed by atoms with E-state index >= 15 is 0 Å². The van der Waals surface area contributed by atoms with Gasteiger partial charge in [0.1, 0.15) is 19.3 Å². The second-order valence-electron chi connectivity index (χ2n) is 28.6. The molecule has 17 nitrogen and oxygen atoms in total. The fourth-order valence-corrected chi connectivity index (χ4v) is 12.8. The van der Waals surface area contributed by atoms with Crippen molar-refractivity contribution in [1.29, 1.82) is 0 Å². The van der Waals surface area contributed by atoms with Crippen molar-refractivity contribution in [2.75, 3.05) is 39.6 Å². The van der Waals surface area contributed by atoms with Crippen molar-refractivity contribution in [2.24, 2.45) is 23.7 Å². The smallest absolute Gasteiger partial charge is 0.462 e. The molecule has 0 saturated heterocycles. The number of esters is 4. The maximum Gasteiger partial charge on any atom is 0.472 e. The van der Waals surface area contributed by atoms with E-state index in [9.17, 15) is 43.2 Å². The molecule has 0 spiro atoms. The van der Waals surface area contributed by atoms with Gasteiger partial charge in [-0.25, -0.2) is 9.13 Å². The number of unbranched alkanes of at least 4 members (excludes halogenated alkanes) is 37. The summed E-state index contributed by atoms with van der Waals surface area (Å²) in [6.45, 7) is 14.1. The molecule has 0 radical (unpaired) electrons. The zero-order valence-electron chi connectivity index (χ0n) is 60.9. The lowest BCUT2D eigenvalue weighted by atomic mass is 10.0. The zero-order chi connectivity index (χ0) is 68.9. The molecule has 0 rings (SSSR count). The molecule has 5 atom stereocenters. The first-order valence-corrected chi connectivity index (χ1v) is 41.2. The van der Waals surface area contributed by atoms with Crippen LogP contribution in [0.2, 0.25) is 0 Å². The molecule has 3 unspecified atom stereocenters. The van der Waals surface area contributed by atoms with E-state index in [-0.39, 0.29) is 25.7 Å². The van der Waals surface area contributed by atoms with Crippen LogP contribution in [0.5, 0.6) is 0 Å². The molecule has 0 aromatic rings. The number of hydrogen-bond donors (Lipinski definition) is 3. The normalized spacial score (nSPS) is 14.2. The summed E-state index contributed by atoms with van der Waals surface area (Å²) < 4.78 is 68.4. The van der Waals surface area contributed by atoms with E-state index in [4.69, 9.17) is 37.0 Å². The molecule has 3 N–H and O–H groups in total. The molecule has 0 saturated carbocycles. The topological polar surface area (TPSA) is 237 Å². The summed E-state index contributed by atoms with van der Waals surface area (Å²) in [5.74, 6) is 0.827. The van der Waals surface area contributed by atoms with E-state index in [2.05, 4.69) is 55.4 Å². The average molecular weight is 1370 g/mol. The van der Waals surface area contributed by atoms with Crippen LogP contribution in [0.3, 0.4) is 0 Å². The van der Waals surface area contributed by atoms with Crippen molar-refractivity contribution in [3.8, 4) is 0 Å². The highest BCUT2D eigenvalue weighted by molar-refractivity contribution is 7.47. The van der Waals surface area contributed by atoms with Gasteiger partial charge in [-0.2, -0.15) is 0 Å². The summed E-state index contributed by atoms with van der Waals surface area (Å²) in [7, 11) is -9.91. The number of aliphatic hydroxyl groups excluding tert-OH is 1. The quantitative estimate of drug-likeness (QED) is 0.0222. The molecule has 93 heavy (non-hydrogen) atoms. The maximum atomic E-state index is 13.0. The van der Waals surface area contributed by atoms with Crippen LogP contribution in [0.1, 0.15) is 370 Å². The Balaban J connectivity index is 5.17. The molecular weight excluding hydrogens is 1220 g/mol. The van der Waals surface area contributed by atoms with E-state index in [1.807, 2.05) is 0 Å². The van der Waals surface area contributed by atoms with Gasteiger partial charge in [-0.1, -0.05) is 319 Å². The molecule has 0 aromatic carbocycles. The van der Waals surface area contributed by atoms with Crippen molar-refractivity contribution in [3.05, 3.63) is 0 Å². The van der Waals surface area contributed by atoms with Crippen molar-refractivity contribution >= 4 is 39.5 Å². The largest absolute Gasteiger partial charge is 0.472 e. The third-order valence-electron chi connectivity index (χ3n) is 17.1. The summed E-state index contributed by atoms with van der Waals surface area (Å²) in [6.07, 6.45) is 47.6. The van der Waals surface area contributed by atoms with Gasteiger partial charge >= 0.3 is 39.5 Å². The zero-order valence-corrected chi connectivity index (χ0v) is 62.7. The number of hydrogen-bond acceptors (Lipinski definition) is 15. The Morgan fingerprint density at radius 3 is 0.667 bits per heavy atom. The number of phosphoric ester groups is 2. The second kappa shape index (κ2) is 63.5. The molecule has 0 aliphatic rings. The lowest BCUT2D eigenvalue weighted by molar-refractivity contribution is -0.161. The molecule has 0 aliphatic carbocycles. The van der Waals surface area contributed by atoms with Crippen LogP contribution in [-0.4, -0.2) is 96.7 Å². The first-order chi connectivity index (χ1) is 44.6. The van der Waals surface area contributed by atoms with Crippen LogP contribution in [0.25, 0.3) is 0 Å². The standard InChI is InChI=1S/C74H144O17P2/c1-64(2)50-42-34-26-22-18-14-11-9-10-12-16-20-24-28-40-48-56-73(78)90-69(60-84-71(76)54-46-38-32-30-36-44-52-66(5)6)62-88-92(80,81)86-58-68(75)59-87-93(82,83)89-63-70(61-85-72(77)55-47-39-33-31-37-45-53-67(7)8)91-74(79)57-49-41-29-25-21-17-13-15-19-23-27-35-43-51-65(3)4/h64-70,75H,9-63H2,1-8H3,(H,80,81)(H,82,83)/t68?,69-,70-/m1/s1. The van der Waals surface area contributed by atoms with Gasteiger partial charge in [0.05, 0.1) is 26.4 Å². The summed E-state index contributed by atoms with van der Waals surface area (Å²) in [4.78, 5) is 72.6. The minimum absolute atomic E-state index is 0.106. The third-order valence-corrected chi connectivity index (χ3v) is 19.0. The molecule has 552 valence electrons. The van der Waals surface area contributed by atoms with Crippen LogP contribution >= 0.6 is 15.6 Å². The number of ether oxygens (including phenoxy) is 4. The Bertz CT molecular complexity index is 1830. The molecule has 0 aliphatic heterocycles. The molecular formula is C74H144O17P2. The number of rotatable bonds is 71. The van der Waals surface area contributed by atoms with E-state index in [0.29, 0.717) is 37.5 Å². The fraction of sp³-hybridized carbons (Fsp3) is 0.946. The number of carbonyl (C=O) groups is 4. The van der Waals surface area contributed by atoms with E-state index < -0.39 is 97.5 Å². The molecule has 19 heteroatoms. The first-order valence-electron chi connectivity index (χ1n) is 38.2. The minimum Gasteiger partial charge on any atom is -0.462 e. The SMILES string of the molecule is CC(C)CCCCCCCCCCCCCCCCCCC(=O)O[C@H](COC(=O)CCCCCCCCC(C)C)COP(=O)(O)OCC(O)COP(=O)(O)OC[C@@H](COC(=O)CCCCCCCCC(C)C)OC(=O)CCCCCCCCCCCCCCCC(C)C. The van der Waals surface area contributed by atoms with Gasteiger partial charge in [0.25, 0.3) is 0 Å². The van der Waals surface area contributed by atoms with Crippen molar-refractivity contribution in [2.45, 2.75) is 388 Å². The highest BCUT2D eigenvalue weighted by Gasteiger charge is 2.30. The third kappa shape index (κ3) is 68.4. The Morgan fingerprint density at radius 2 is 0.452 bits per heavy atom. The summed E-state index contributed by atoms with van der Waals surface area (Å²) in [6, 6.07) is 0. The van der Waals surface area contributed by atoms with Gasteiger partial charge in [0.15, 0.2) is 12.2 Å². The minimum atomic E-state index is -4.95. The summed E-state index contributed by atoms with van der Waals surface area (Å²) in [5.41, 5.74) is 0. The maximum absolute atomic E-state index is 13.0. The van der Waals surface area contributed by atoms with Gasteiger partial charge < -0.3 is 33.8 Å². The molecule has 0 aromatic heterocycles. The lowest BCUT2D eigenvalue weighted by Gasteiger charge is -2.21. The van der Waals surface area contributed by atoms with Gasteiger partial charge in [-0.3, -0.25) is 37.3 Å². The van der Waals surface area contributed by atoms with Crippen molar-refractivity contribution in [1.82, 2.24) is 0 Å². The highest BCUT2D eigenvalue weighted by atomic mass is 31.2. The number of aliphatic hydroxyl groups is 1. The monoisotopic (exact) mass is 1370 g/mol. The number of phosphoric acid groups is 2. The van der Waals surface area contributed by atoms with Gasteiger partial charge in [-0.15, -0.1) is 0 Å². The second-order valence-corrected chi connectivity index (χ2v) is 31.5. The van der Waals surface area contributed by atoms with E-state index in [0.717, 1.165) is 115 Å². The molecule has 0 bridgehead atoms. The van der Waals surface area contributed by atoms with Crippen LogP contribution in [-0.2, 0) is 65.4 Å². The Labute approximate surface area is 568 Å². The van der Waals surface area contributed by atoms with Crippen LogP contribution in [0.15, 0.2) is 0 Å². The summed E-state index contributed by atoms with van der Waals surface area (Å²) in [5, 5.41) is 10.6. The molecule has 0 amide bonds. The fourth-order valence-electron chi connectivity index (χ4n) is 11.2. The van der Waals surface area contributed by atoms with Crippen molar-refractivity contribution in [3.63, 3.8) is 0 Å². The number of carbonyl (C=O) groups excluding carboxylic acids is 4. The molecule has 0 fully saturated rings. The first kappa shape index (κ1) is 91.1. The Hall–Kier alpha value is -1.94. The van der Waals surface area contributed by atoms with Gasteiger partial charge in [0.2, 0.25) is 0 Å². The van der Waals surface area contributed by atoms with E-state index in [1.165, 1.54) is 161 Å². The summed E-state index contributed by atoms with van der Waals surface area (Å²) >= 11 is 0. The predicted octanol–water partition coefficient (Wildman–Crippen LogP) is 21.3. The molecule has 0 heterocycles.